The molecule has 6 aromatic rings. The number of nitrogens with zero attached hydrogens (tertiary/aromatic N) is 8. The predicted molar refractivity (Wildman–Crippen MR) is 363 cm³/mol. The van der Waals surface area contributed by atoms with E-state index in [1.807, 2.05) is 97.9 Å². The zero-order valence-corrected chi connectivity index (χ0v) is 56.3. The van der Waals surface area contributed by atoms with Gasteiger partial charge in [-0.1, -0.05) is 91.3 Å². The molecule has 0 unspecified atom stereocenters. The van der Waals surface area contributed by atoms with E-state index in [2.05, 4.69) is 32.9 Å². The summed E-state index contributed by atoms with van der Waals surface area (Å²) in [4.78, 5) is 81.9. The van der Waals surface area contributed by atoms with E-state index >= 15 is 0 Å². The first-order chi connectivity index (χ1) is 47.4. The lowest BCUT2D eigenvalue weighted by Crippen LogP contribution is -2.50. The topological polar surface area (TPSA) is 150 Å². The number of amides is 5. The maximum atomic E-state index is 14.3. The van der Waals surface area contributed by atoms with Crippen molar-refractivity contribution in [2.24, 2.45) is 0 Å². The van der Waals surface area contributed by atoms with Crippen LogP contribution < -0.4 is 9.80 Å². The fourth-order valence-electron chi connectivity index (χ4n) is 15.1. The highest BCUT2D eigenvalue weighted by atomic mass is 19.4. The molecular formula is C76H87F7N8O8. The standard InChI is InChI=1S/C76H87F7N8O8/c1-84(34-13-5-8-21-68(92)86(3)43-44-87-37-29-61(30-38-87)91(72(96)97)66-20-12-10-18-63(66)53-15-6-4-7-16-53)62-26-27-64-54(47-62)28-39-89(71(64)95)36-14-35-85(2)69(93)50-98-67-48-55-17-9-11-19-65(55)73(67)31-40-88(41-32-73)42-33-74(57-22-24-60(77)25-23-57)51-90(52-99-74)70(94)56-45-58(75(78,79)80)49-59(46-56)76(81,82)83/h4,6-7,9-12,15-20,22-27,45-47,49,61,67H,5,8,13-14,21,28-44,48,50-52H2,1-3H3,(H,96,97)/t67-,74-/m0/s1. The molecule has 2 atom stereocenters. The first kappa shape index (κ1) is 71.9. The lowest BCUT2D eigenvalue weighted by molar-refractivity contribution is -0.143. The minimum atomic E-state index is -5.15. The monoisotopic (exact) mass is 1370 g/mol. The van der Waals surface area contributed by atoms with Gasteiger partial charge in [0.25, 0.3) is 11.8 Å². The summed E-state index contributed by atoms with van der Waals surface area (Å²) in [6.45, 7) is 5.95. The number of alkyl halides is 6. The molecule has 0 radical (unpaired) electrons. The maximum absolute atomic E-state index is 14.3. The number of carbonyl (C=O) groups is 5. The van der Waals surface area contributed by atoms with Crippen LogP contribution in [0.4, 0.5) is 46.9 Å². The van der Waals surface area contributed by atoms with Crippen LogP contribution in [0.15, 0.2) is 140 Å². The molecule has 4 heterocycles. The van der Waals surface area contributed by atoms with Crippen LogP contribution in [0.3, 0.4) is 0 Å². The van der Waals surface area contributed by atoms with Crippen LogP contribution in [-0.2, 0) is 55.3 Å². The molecule has 1 N–H and O–H groups in total. The van der Waals surface area contributed by atoms with Crippen molar-refractivity contribution in [3.63, 3.8) is 0 Å². The molecule has 1 spiro atoms. The van der Waals surface area contributed by atoms with Gasteiger partial charge in [-0.3, -0.25) is 24.1 Å². The third-order valence-corrected chi connectivity index (χ3v) is 21.0. The molecule has 5 amide bonds. The van der Waals surface area contributed by atoms with Gasteiger partial charge in [-0.2, -0.15) is 26.3 Å². The second kappa shape index (κ2) is 31.0. The summed E-state index contributed by atoms with van der Waals surface area (Å²) in [7, 11) is 5.64. The molecule has 3 fully saturated rings. The van der Waals surface area contributed by atoms with Gasteiger partial charge in [0.15, 0.2) is 0 Å². The summed E-state index contributed by atoms with van der Waals surface area (Å²) in [5.74, 6) is -1.70. The van der Waals surface area contributed by atoms with Gasteiger partial charge < -0.3 is 48.9 Å². The quantitative estimate of drug-likeness (QED) is 0.0431. The zero-order valence-electron chi connectivity index (χ0n) is 56.3. The molecule has 4 aliphatic heterocycles. The van der Waals surface area contributed by atoms with Crippen molar-refractivity contribution in [2.45, 2.75) is 113 Å². The number of likely N-dealkylation sites (N-methyl/N-ethyl adjacent to an activating group) is 2. The minimum Gasteiger partial charge on any atom is -0.465 e. The average molecular weight is 1370 g/mol. The Kier molecular flexibility index (Phi) is 22.5. The Hall–Kier alpha value is -8.38. The van der Waals surface area contributed by atoms with Crippen molar-refractivity contribution >= 4 is 41.1 Å². The van der Waals surface area contributed by atoms with Crippen LogP contribution in [0.25, 0.3) is 11.1 Å². The van der Waals surface area contributed by atoms with Crippen LogP contribution in [-0.4, -0.2) is 189 Å². The van der Waals surface area contributed by atoms with Crippen molar-refractivity contribution in [3.8, 4) is 11.1 Å². The van der Waals surface area contributed by atoms with Crippen LogP contribution in [0, 0.1) is 5.82 Å². The summed E-state index contributed by atoms with van der Waals surface area (Å²) in [6, 6.07) is 37.8. The van der Waals surface area contributed by atoms with E-state index in [1.165, 1.54) is 34.7 Å². The van der Waals surface area contributed by atoms with E-state index < -0.39 is 64.6 Å². The van der Waals surface area contributed by atoms with Crippen LogP contribution in [0.5, 0.6) is 0 Å². The zero-order chi connectivity index (χ0) is 70.2. The highest BCUT2D eigenvalue weighted by molar-refractivity contribution is 5.97. The Labute approximate surface area is 573 Å². The molecule has 1 aliphatic carbocycles. The van der Waals surface area contributed by atoms with Crippen molar-refractivity contribution < 1.29 is 69.3 Å². The molecule has 0 saturated carbocycles. The van der Waals surface area contributed by atoms with Gasteiger partial charge in [-0.15, -0.1) is 0 Å². The number of anilines is 2. The fraction of sp³-hybridized carbons (Fsp3) is 0.461. The number of halogens is 7. The molecular weight excluding hydrogens is 1290 g/mol. The van der Waals surface area contributed by atoms with E-state index in [-0.39, 0.29) is 55.5 Å². The highest BCUT2D eigenvalue weighted by Crippen LogP contribution is 2.49. The van der Waals surface area contributed by atoms with Gasteiger partial charge in [0.2, 0.25) is 11.8 Å². The lowest BCUT2D eigenvalue weighted by atomic mass is 9.72. The molecule has 99 heavy (non-hydrogen) atoms. The number of benzene rings is 6. The number of para-hydroxylation sites is 1. The molecule has 0 bridgehead atoms. The smallest absolute Gasteiger partial charge is 0.416 e. The van der Waals surface area contributed by atoms with Gasteiger partial charge in [0, 0.05) is 120 Å². The van der Waals surface area contributed by atoms with Crippen molar-refractivity contribution in [2.75, 3.05) is 123 Å². The SMILES string of the molecule is CN(CCN1CCC(N(C(=O)O)c2ccccc2-c2ccccc2)CC1)C(=O)CCCCCN(C)c1ccc2c(c1)CCN(CCCN(C)C(=O)CO[C@H]1Cc3ccccc3C13CCN(CC[C@@]1(c4ccc(F)cc4)CN(C(=O)c4cc(C(F)(F)F)cc(C(F)(F)F)c4)CO1)CC3)C2=O. The van der Waals surface area contributed by atoms with Crippen LogP contribution in [0.2, 0.25) is 0 Å². The van der Waals surface area contributed by atoms with Gasteiger partial charge in [-0.05, 0) is 160 Å². The number of hydrogen-bond acceptors (Lipinski definition) is 10. The Morgan fingerprint density at radius 2 is 1.32 bits per heavy atom. The second-order valence-electron chi connectivity index (χ2n) is 27.2. The largest absolute Gasteiger partial charge is 0.465 e. The number of piperidine rings is 2. The maximum Gasteiger partial charge on any atom is 0.416 e. The number of likely N-dealkylation sites (tertiary alicyclic amines) is 2. The van der Waals surface area contributed by atoms with Gasteiger partial charge in [-0.25, -0.2) is 9.18 Å². The van der Waals surface area contributed by atoms with E-state index in [0.717, 1.165) is 78.3 Å². The van der Waals surface area contributed by atoms with Gasteiger partial charge >= 0.3 is 18.4 Å². The number of unbranched alkanes of at least 4 members (excludes halogenated alkanes) is 2. The Balaban J connectivity index is 0.591. The molecule has 5 aliphatic rings. The molecule has 11 rings (SSSR count). The van der Waals surface area contributed by atoms with Crippen molar-refractivity contribution in [1.82, 2.24) is 29.4 Å². The first-order valence-corrected chi connectivity index (χ1v) is 34.3. The van der Waals surface area contributed by atoms with Gasteiger partial charge in [0.1, 0.15) is 24.8 Å². The number of fused-ring (bicyclic) bond motifs is 3. The third kappa shape index (κ3) is 16.8. The first-order valence-electron chi connectivity index (χ1n) is 34.3. The molecule has 16 nitrogen and oxygen atoms in total. The summed E-state index contributed by atoms with van der Waals surface area (Å²) in [6.07, 6.45) is -3.60. The number of rotatable bonds is 25. The minimum absolute atomic E-state index is 0.0266. The average Bonchev–Trinajstić information content (AvgIpc) is 1.61. The second-order valence-corrected chi connectivity index (χ2v) is 27.2. The van der Waals surface area contributed by atoms with E-state index in [1.54, 1.807) is 16.8 Å². The highest BCUT2D eigenvalue weighted by Gasteiger charge is 2.50. The Morgan fingerprint density at radius 1 is 0.657 bits per heavy atom. The predicted octanol–water partition coefficient (Wildman–Crippen LogP) is 12.9. The molecule has 528 valence electrons. The summed E-state index contributed by atoms with van der Waals surface area (Å²) >= 11 is 0. The number of hydrogen-bond donors (Lipinski definition) is 1. The molecule has 0 aromatic heterocycles. The van der Waals surface area contributed by atoms with E-state index in [9.17, 15) is 59.8 Å². The number of ether oxygens (including phenoxy) is 2. The number of carbonyl (C=O) groups excluding carboxylic acids is 4. The Morgan fingerprint density at radius 3 is 2.03 bits per heavy atom. The van der Waals surface area contributed by atoms with Crippen molar-refractivity contribution in [1.29, 1.82) is 0 Å². The Bertz CT molecular complexity index is 3790. The van der Waals surface area contributed by atoms with Crippen LogP contribution >= 0.6 is 0 Å². The summed E-state index contributed by atoms with van der Waals surface area (Å²) in [5, 5.41) is 10.4. The molecule has 23 heteroatoms. The number of carboxylic acid groups (broad SMARTS) is 1. The lowest BCUT2D eigenvalue weighted by Gasteiger charge is -2.44. The summed E-state index contributed by atoms with van der Waals surface area (Å²) < 4.78 is 110. The molecule has 3 saturated heterocycles. The van der Waals surface area contributed by atoms with E-state index in [4.69, 9.17) is 9.47 Å². The van der Waals surface area contributed by atoms with Crippen LogP contribution in [0.1, 0.15) is 118 Å². The fourth-order valence-corrected chi connectivity index (χ4v) is 15.1. The van der Waals surface area contributed by atoms with Crippen molar-refractivity contribution in [3.05, 3.63) is 190 Å². The van der Waals surface area contributed by atoms with E-state index in [0.29, 0.717) is 126 Å². The third-order valence-electron chi connectivity index (χ3n) is 21.0. The summed E-state index contributed by atoms with van der Waals surface area (Å²) in [5.41, 5.74) is 2.40. The van der Waals surface area contributed by atoms with Gasteiger partial charge in [0.05, 0.1) is 29.5 Å². The normalized spacial score (nSPS) is 18.9. The molecule has 6 aromatic carbocycles.